The Balaban J connectivity index is 2.56. The Morgan fingerprint density at radius 2 is 1.48 bits per heavy atom. The van der Waals surface area contributed by atoms with E-state index in [1.165, 1.54) is 0 Å². The van der Waals surface area contributed by atoms with E-state index >= 15 is 0 Å². The molecule has 0 aliphatic heterocycles. The summed E-state index contributed by atoms with van der Waals surface area (Å²) >= 11 is 0.338. The number of ketones is 1. The largest absolute Gasteiger partial charge is 0.294 e. The standard InChI is InChI=1S/C18H7F9OS/c1-5(28)7-9(19)11(21)8(12(22)10(7)20)18(6-3-2-4-29-6)16(26)14(24)13(23)15(25)17(18)27/h2-4,16H,1H3. The zero-order valence-electron chi connectivity index (χ0n) is 14.0. The molecule has 154 valence electrons. The van der Waals surface area contributed by atoms with Crippen LogP contribution in [-0.2, 0) is 5.41 Å². The second kappa shape index (κ2) is 7.05. The highest BCUT2D eigenvalue weighted by molar-refractivity contribution is 7.10. The van der Waals surface area contributed by atoms with Gasteiger partial charge in [0.05, 0.1) is 11.1 Å². The number of benzene rings is 1. The lowest BCUT2D eigenvalue weighted by atomic mass is 9.70. The van der Waals surface area contributed by atoms with E-state index in [1.807, 2.05) is 0 Å². The second-order valence-electron chi connectivity index (χ2n) is 6.00. The van der Waals surface area contributed by atoms with Crippen LogP contribution in [0.5, 0.6) is 0 Å². The topological polar surface area (TPSA) is 17.1 Å². The van der Waals surface area contributed by atoms with Gasteiger partial charge in [0.15, 0.2) is 58.5 Å². The number of carbonyl (C=O) groups is 1. The van der Waals surface area contributed by atoms with Crippen LogP contribution in [-0.4, -0.2) is 12.0 Å². The Kier molecular flexibility index (Phi) is 5.14. The lowest BCUT2D eigenvalue weighted by Gasteiger charge is -2.37. The van der Waals surface area contributed by atoms with E-state index in [4.69, 9.17) is 0 Å². The molecule has 1 aromatic carbocycles. The van der Waals surface area contributed by atoms with Crippen LogP contribution in [0.15, 0.2) is 40.8 Å². The summed E-state index contributed by atoms with van der Waals surface area (Å²) < 4.78 is 130. The van der Waals surface area contributed by atoms with Gasteiger partial charge in [0.25, 0.3) is 0 Å². The van der Waals surface area contributed by atoms with E-state index in [0.717, 1.165) is 17.5 Å². The van der Waals surface area contributed by atoms with Gasteiger partial charge in [0.2, 0.25) is 0 Å². The molecule has 1 aliphatic rings. The summed E-state index contributed by atoms with van der Waals surface area (Å²) in [7, 11) is 0. The average Bonchev–Trinajstić information content (AvgIpc) is 3.21. The molecule has 1 aliphatic carbocycles. The Morgan fingerprint density at radius 3 is 1.93 bits per heavy atom. The smallest absolute Gasteiger partial charge is 0.196 e. The number of rotatable bonds is 3. The van der Waals surface area contributed by atoms with Crippen molar-refractivity contribution >= 4 is 17.1 Å². The molecular formula is C18H7F9OS. The van der Waals surface area contributed by atoms with E-state index in [0.29, 0.717) is 18.3 Å². The van der Waals surface area contributed by atoms with Crippen molar-refractivity contribution in [2.45, 2.75) is 18.5 Å². The third-order valence-corrected chi connectivity index (χ3v) is 5.47. The highest BCUT2D eigenvalue weighted by Gasteiger charge is 2.59. The molecule has 2 aromatic rings. The summed E-state index contributed by atoms with van der Waals surface area (Å²) in [6.07, 6.45) is -3.62. The highest BCUT2D eigenvalue weighted by atomic mass is 32.1. The molecule has 0 amide bonds. The molecule has 2 unspecified atom stereocenters. The van der Waals surface area contributed by atoms with E-state index in [9.17, 15) is 44.3 Å². The normalized spacial score (nSPS) is 22.5. The zero-order chi connectivity index (χ0) is 21.8. The van der Waals surface area contributed by atoms with Crippen LogP contribution in [0.3, 0.4) is 0 Å². The van der Waals surface area contributed by atoms with Crippen molar-refractivity contribution in [2.24, 2.45) is 0 Å². The molecule has 2 atom stereocenters. The van der Waals surface area contributed by atoms with Gasteiger partial charge < -0.3 is 0 Å². The van der Waals surface area contributed by atoms with Crippen molar-refractivity contribution in [1.29, 1.82) is 0 Å². The Hall–Kier alpha value is -2.56. The first-order valence-electron chi connectivity index (χ1n) is 7.66. The molecule has 0 bridgehead atoms. The predicted octanol–water partition coefficient (Wildman–Crippen LogP) is 6.45. The second-order valence-corrected chi connectivity index (χ2v) is 6.95. The maximum absolute atomic E-state index is 15.0. The van der Waals surface area contributed by atoms with Crippen LogP contribution < -0.4 is 0 Å². The Labute approximate surface area is 160 Å². The number of alkyl halides is 1. The minimum Gasteiger partial charge on any atom is -0.294 e. The van der Waals surface area contributed by atoms with Crippen molar-refractivity contribution in [3.8, 4) is 0 Å². The molecule has 1 heterocycles. The molecule has 29 heavy (non-hydrogen) atoms. The number of thiophene rings is 1. The first kappa shape index (κ1) is 21.2. The van der Waals surface area contributed by atoms with E-state index in [1.54, 1.807) is 0 Å². The predicted molar refractivity (Wildman–Crippen MR) is 84.8 cm³/mol. The molecular weight excluding hydrogens is 435 g/mol. The van der Waals surface area contributed by atoms with Gasteiger partial charge in [-0.2, -0.15) is 0 Å². The number of carbonyl (C=O) groups excluding carboxylic acids is 1. The van der Waals surface area contributed by atoms with Gasteiger partial charge in [-0.1, -0.05) is 6.07 Å². The van der Waals surface area contributed by atoms with Gasteiger partial charge in [-0.3, -0.25) is 4.79 Å². The van der Waals surface area contributed by atoms with Crippen molar-refractivity contribution in [1.82, 2.24) is 0 Å². The van der Waals surface area contributed by atoms with Crippen molar-refractivity contribution in [2.75, 3.05) is 0 Å². The molecule has 3 rings (SSSR count). The number of hydrogen-bond acceptors (Lipinski definition) is 2. The van der Waals surface area contributed by atoms with Crippen LogP contribution in [0.4, 0.5) is 39.5 Å². The van der Waals surface area contributed by atoms with Gasteiger partial charge in [-0.05, 0) is 18.4 Å². The van der Waals surface area contributed by atoms with E-state index in [2.05, 4.69) is 0 Å². The fourth-order valence-electron chi connectivity index (χ4n) is 3.17. The summed E-state index contributed by atoms with van der Waals surface area (Å²) in [5.74, 6) is -21.3. The van der Waals surface area contributed by atoms with Crippen LogP contribution in [0.1, 0.15) is 27.7 Å². The monoisotopic (exact) mass is 442 g/mol. The van der Waals surface area contributed by atoms with Crippen LogP contribution in [0.2, 0.25) is 0 Å². The molecule has 0 spiro atoms. The molecule has 0 fully saturated rings. The summed E-state index contributed by atoms with van der Waals surface area (Å²) in [5.41, 5.74) is -7.52. The third kappa shape index (κ3) is 2.66. The third-order valence-electron chi connectivity index (χ3n) is 4.46. The van der Waals surface area contributed by atoms with Crippen molar-refractivity contribution in [3.63, 3.8) is 0 Å². The van der Waals surface area contributed by atoms with Gasteiger partial charge >= 0.3 is 0 Å². The maximum Gasteiger partial charge on any atom is 0.196 e. The molecule has 1 nitrogen and oxygen atoms in total. The van der Waals surface area contributed by atoms with Gasteiger partial charge in [-0.25, -0.2) is 39.5 Å². The zero-order valence-corrected chi connectivity index (χ0v) is 14.8. The first-order chi connectivity index (χ1) is 13.5. The molecule has 11 heteroatoms. The number of hydrogen-bond donors (Lipinski definition) is 0. The maximum atomic E-state index is 15.0. The highest BCUT2D eigenvalue weighted by Crippen LogP contribution is 2.55. The average molecular weight is 442 g/mol. The summed E-state index contributed by atoms with van der Waals surface area (Å²) in [6, 6.07) is 1.85. The summed E-state index contributed by atoms with van der Waals surface area (Å²) in [6.45, 7) is 0.561. The van der Waals surface area contributed by atoms with E-state index < -0.39 is 80.0 Å². The van der Waals surface area contributed by atoms with Crippen LogP contribution in [0.25, 0.3) is 0 Å². The molecule has 0 saturated heterocycles. The molecule has 0 N–H and O–H groups in total. The molecule has 0 saturated carbocycles. The van der Waals surface area contributed by atoms with Crippen LogP contribution >= 0.6 is 11.3 Å². The lowest BCUT2D eigenvalue weighted by molar-refractivity contribution is 0.100. The van der Waals surface area contributed by atoms with Gasteiger partial charge in [0.1, 0.15) is 5.41 Å². The van der Waals surface area contributed by atoms with Gasteiger partial charge in [-0.15, -0.1) is 11.3 Å². The quantitative estimate of drug-likeness (QED) is 0.304. The number of allylic oxidation sites excluding steroid dienone is 4. The fraction of sp³-hybridized carbons (Fsp3) is 0.167. The molecule has 0 radical (unpaired) electrons. The van der Waals surface area contributed by atoms with Crippen LogP contribution in [0, 0.1) is 23.3 Å². The first-order valence-corrected chi connectivity index (χ1v) is 8.54. The minimum absolute atomic E-state index is 0.338. The Morgan fingerprint density at radius 1 is 0.931 bits per heavy atom. The SMILES string of the molecule is CC(=O)c1c(F)c(F)c(C2(c3cccs3)C(F)=C(F)C(F)=C(F)C2F)c(F)c1F. The summed E-state index contributed by atoms with van der Waals surface area (Å²) in [4.78, 5) is 10.5. The fourth-order valence-corrected chi connectivity index (χ4v) is 4.11. The number of Topliss-reactive ketones (excluding diaryl/α,β-unsaturated/α-hetero) is 1. The molecule has 1 aromatic heterocycles. The number of halogens is 9. The van der Waals surface area contributed by atoms with Crippen molar-refractivity contribution < 1.29 is 44.3 Å². The minimum atomic E-state index is -3.75. The van der Waals surface area contributed by atoms with Gasteiger partial charge in [0, 0.05) is 4.88 Å². The van der Waals surface area contributed by atoms with Crippen molar-refractivity contribution in [3.05, 3.63) is 80.1 Å². The van der Waals surface area contributed by atoms with E-state index in [-0.39, 0.29) is 0 Å². The Bertz CT molecular complexity index is 1060. The summed E-state index contributed by atoms with van der Waals surface area (Å²) in [5, 5.41) is 1.09. The lowest BCUT2D eigenvalue weighted by Crippen LogP contribution is -2.44.